The van der Waals surface area contributed by atoms with Crippen LogP contribution in [-0.2, 0) is 4.79 Å². The van der Waals surface area contributed by atoms with Crippen molar-refractivity contribution in [2.24, 2.45) is 5.10 Å². The third kappa shape index (κ3) is 8.51. The molecule has 1 heterocycles. The molecule has 2 amide bonds. The summed E-state index contributed by atoms with van der Waals surface area (Å²) in [4.78, 5) is 29.9. The van der Waals surface area contributed by atoms with E-state index in [9.17, 15) is 9.59 Å². The number of anilines is 3. The number of hydrogen-bond donors (Lipinski definition) is 3. The first-order valence-electron chi connectivity index (χ1n) is 14.0. The normalized spacial score (nSPS) is 10.9. The number of ether oxygens (including phenoxy) is 2. The molecule has 0 spiro atoms. The van der Waals surface area contributed by atoms with Crippen molar-refractivity contribution < 1.29 is 19.1 Å². The topological polar surface area (TPSA) is 114 Å². The van der Waals surface area contributed by atoms with Gasteiger partial charge in [-0.2, -0.15) is 5.10 Å². The fraction of sp³-hybridized carbons (Fsp3) is 0.118. The minimum Gasteiger partial charge on any atom is -0.493 e. The van der Waals surface area contributed by atoms with Crippen LogP contribution >= 0.6 is 38.9 Å². The molecule has 0 saturated heterocycles. The van der Waals surface area contributed by atoms with Crippen molar-refractivity contribution in [2.45, 2.75) is 13.8 Å². The summed E-state index contributed by atoms with van der Waals surface area (Å²) in [5.74, 6) is 0.0925. The fourth-order valence-electron chi connectivity index (χ4n) is 4.38. The number of rotatable bonds is 11. The lowest BCUT2D eigenvalue weighted by molar-refractivity contribution is -0.118. The number of nitrogens with one attached hydrogen (secondary N) is 3. The third-order valence-electron chi connectivity index (χ3n) is 6.68. The Labute approximate surface area is 283 Å². The highest BCUT2D eigenvalue weighted by Gasteiger charge is 2.14. The van der Waals surface area contributed by atoms with E-state index in [2.05, 4.69) is 42.1 Å². The highest BCUT2D eigenvalue weighted by Crippen LogP contribution is 2.36. The average molecular weight is 719 g/mol. The molecule has 0 saturated carbocycles. The van der Waals surface area contributed by atoms with E-state index >= 15 is 0 Å². The van der Waals surface area contributed by atoms with Gasteiger partial charge in [-0.25, -0.2) is 10.4 Å². The zero-order valence-electron chi connectivity index (χ0n) is 25.1. The van der Waals surface area contributed by atoms with Crippen LogP contribution in [0, 0.1) is 13.8 Å². The molecule has 0 radical (unpaired) electrons. The van der Waals surface area contributed by atoms with Gasteiger partial charge in [-0.3, -0.25) is 9.59 Å². The van der Waals surface area contributed by atoms with Gasteiger partial charge in [0.05, 0.1) is 23.5 Å². The number of methoxy groups -OCH3 is 1. The maximum absolute atomic E-state index is 12.7. The van der Waals surface area contributed by atoms with Gasteiger partial charge in [-0.15, -0.1) is 11.3 Å². The van der Waals surface area contributed by atoms with E-state index in [-0.39, 0.29) is 18.4 Å². The maximum atomic E-state index is 12.7. The lowest BCUT2D eigenvalue weighted by Crippen LogP contribution is -2.21. The van der Waals surface area contributed by atoms with Crippen LogP contribution in [0.25, 0.3) is 11.3 Å². The molecule has 0 unspecified atom stereocenters. The summed E-state index contributed by atoms with van der Waals surface area (Å²) in [6.07, 6.45) is 1.49. The standard InChI is InChI=1S/C34H29BrClN5O4S/c1-20-4-13-28(21(2)14-20)39-31(42)18-45-32-27(35)15-22(16-30(32)44-3)17-37-41-33(43)24-7-5-23(6-8-24)29-19-46-34(40-29)38-26-11-9-25(36)10-12-26/h4-17,19H,18H2,1-3H3,(H,38,40)(H,39,42)(H,41,43)/b37-17-. The molecular weight excluding hydrogens is 690 g/mol. The number of aromatic nitrogens is 1. The van der Waals surface area contributed by atoms with Gasteiger partial charge in [0.1, 0.15) is 0 Å². The number of carbonyl (C=O) groups is 2. The average Bonchev–Trinajstić information content (AvgIpc) is 3.51. The molecule has 0 aliphatic heterocycles. The van der Waals surface area contributed by atoms with Crippen molar-refractivity contribution in [1.82, 2.24) is 10.4 Å². The van der Waals surface area contributed by atoms with E-state index in [0.717, 1.165) is 38.9 Å². The van der Waals surface area contributed by atoms with Crippen LogP contribution in [0.2, 0.25) is 5.02 Å². The summed E-state index contributed by atoms with van der Waals surface area (Å²) in [7, 11) is 1.50. The van der Waals surface area contributed by atoms with Crippen molar-refractivity contribution >= 4 is 73.4 Å². The molecule has 0 fully saturated rings. The quantitative estimate of drug-likeness (QED) is 0.0935. The molecule has 46 heavy (non-hydrogen) atoms. The van der Waals surface area contributed by atoms with Gasteiger partial charge in [0, 0.05) is 32.9 Å². The third-order valence-corrected chi connectivity index (χ3v) is 8.28. The summed E-state index contributed by atoms with van der Waals surface area (Å²) in [5.41, 5.74) is 8.99. The van der Waals surface area contributed by atoms with Crippen LogP contribution in [0.4, 0.5) is 16.5 Å². The van der Waals surface area contributed by atoms with Crippen molar-refractivity contribution in [2.75, 3.05) is 24.4 Å². The predicted molar refractivity (Wildman–Crippen MR) is 188 cm³/mol. The minimum atomic E-state index is -0.369. The molecule has 234 valence electrons. The molecular formula is C34H29BrClN5O4S. The molecule has 0 aliphatic carbocycles. The first kappa shape index (κ1) is 32.7. The van der Waals surface area contributed by atoms with Crippen molar-refractivity contribution in [3.05, 3.63) is 116 Å². The summed E-state index contributed by atoms with van der Waals surface area (Å²) in [5, 5.41) is 13.6. The van der Waals surface area contributed by atoms with Crippen LogP contribution in [0.15, 0.2) is 93.8 Å². The molecule has 12 heteroatoms. The van der Waals surface area contributed by atoms with Crippen molar-refractivity contribution in [3.63, 3.8) is 0 Å². The minimum absolute atomic E-state index is 0.214. The van der Waals surface area contributed by atoms with Gasteiger partial charge in [0.2, 0.25) is 0 Å². The molecule has 4 aromatic carbocycles. The number of thiazole rings is 1. The van der Waals surface area contributed by atoms with Crippen molar-refractivity contribution in [3.8, 4) is 22.8 Å². The smallest absolute Gasteiger partial charge is 0.271 e. The van der Waals surface area contributed by atoms with Crippen LogP contribution in [0.1, 0.15) is 27.0 Å². The molecule has 5 rings (SSSR count). The highest BCUT2D eigenvalue weighted by atomic mass is 79.9. The van der Waals surface area contributed by atoms with E-state index in [4.69, 9.17) is 21.1 Å². The van der Waals surface area contributed by atoms with Crippen LogP contribution in [0.3, 0.4) is 0 Å². The monoisotopic (exact) mass is 717 g/mol. The molecule has 0 bridgehead atoms. The number of aryl methyl sites for hydroxylation is 2. The molecule has 3 N–H and O–H groups in total. The Balaban J connectivity index is 1.16. The number of halogens is 2. The maximum Gasteiger partial charge on any atom is 0.271 e. The number of carbonyl (C=O) groups excluding carboxylic acids is 2. The van der Waals surface area contributed by atoms with Gasteiger partial charge in [0.25, 0.3) is 11.8 Å². The number of nitrogens with zero attached hydrogens (tertiary/aromatic N) is 2. The SMILES string of the molecule is COc1cc(/C=N\NC(=O)c2ccc(-c3csc(Nc4ccc(Cl)cc4)n3)cc2)cc(Br)c1OCC(=O)Nc1ccc(C)cc1C. The number of hydrogen-bond acceptors (Lipinski definition) is 8. The molecule has 0 aliphatic rings. The molecule has 9 nitrogen and oxygen atoms in total. The zero-order valence-corrected chi connectivity index (χ0v) is 28.2. The van der Waals surface area contributed by atoms with E-state index in [0.29, 0.717) is 32.1 Å². The fourth-order valence-corrected chi connectivity index (χ4v) is 5.82. The number of benzene rings is 4. The summed E-state index contributed by atoms with van der Waals surface area (Å²) >= 11 is 10.9. The number of amides is 2. The second-order valence-corrected chi connectivity index (χ2v) is 12.3. The lowest BCUT2D eigenvalue weighted by atomic mass is 10.1. The van der Waals surface area contributed by atoms with Crippen LogP contribution < -0.4 is 25.5 Å². The van der Waals surface area contributed by atoms with Crippen molar-refractivity contribution in [1.29, 1.82) is 0 Å². The zero-order chi connectivity index (χ0) is 32.6. The Morgan fingerprint density at radius 1 is 1.02 bits per heavy atom. The molecule has 1 aromatic heterocycles. The second-order valence-electron chi connectivity index (χ2n) is 10.1. The lowest BCUT2D eigenvalue weighted by Gasteiger charge is -2.14. The Bertz CT molecular complexity index is 1900. The predicted octanol–water partition coefficient (Wildman–Crippen LogP) is 8.38. The highest BCUT2D eigenvalue weighted by molar-refractivity contribution is 9.10. The van der Waals surface area contributed by atoms with E-state index in [1.807, 2.05) is 73.8 Å². The number of hydrazone groups is 1. The van der Waals surface area contributed by atoms with Gasteiger partial charge in [-0.1, -0.05) is 41.4 Å². The van der Waals surface area contributed by atoms with E-state index < -0.39 is 0 Å². The Kier molecular flexibility index (Phi) is 10.7. The summed E-state index contributed by atoms with van der Waals surface area (Å²) in [6, 6.07) is 23.7. The Morgan fingerprint density at radius 2 is 1.78 bits per heavy atom. The van der Waals surface area contributed by atoms with Crippen LogP contribution in [0.5, 0.6) is 11.5 Å². The summed E-state index contributed by atoms with van der Waals surface area (Å²) in [6.45, 7) is 3.72. The Morgan fingerprint density at radius 3 is 2.50 bits per heavy atom. The molecule has 5 aromatic rings. The first-order chi connectivity index (χ1) is 22.2. The Hall–Kier alpha value is -4.71. The second kappa shape index (κ2) is 15.0. The van der Waals surface area contributed by atoms with Crippen LogP contribution in [-0.4, -0.2) is 36.7 Å². The summed E-state index contributed by atoms with van der Waals surface area (Å²) < 4.78 is 11.8. The first-order valence-corrected chi connectivity index (χ1v) is 16.0. The van der Waals surface area contributed by atoms with E-state index in [1.165, 1.54) is 24.7 Å². The van der Waals surface area contributed by atoms with Gasteiger partial charge in [0.15, 0.2) is 23.2 Å². The van der Waals surface area contributed by atoms with Gasteiger partial charge in [-0.05, 0) is 95.5 Å². The van der Waals surface area contributed by atoms with Gasteiger partial charge < -0.3 is 20.1 Å². The molecule has 0 atom stereocenters. The largest absolute Gasteiger partial charge is 0.493 e. The van der Waals surface area contributed by atoms with Gasteiger partial charge >= 0.3 is 0 Å². The van der Waals surface area contributed by atoms with E-state index in [1.54, 1.807) is 24.3 Å².